The first kappa shape index (κ1) is 14.2. The molecule has 3 rings (SSSR count). The minimum absolute atomic E-state index is 0.344. The molecule has 1 unspecified atom stereocenters. The number of fused-ring (bicyclic) bond motifs is 1. The summed E-state index contributed by atoms with van der Waals surface area (Å²) in [7, 11) is 0. The molecule has 1 aromatic rings. The Morgan fingerprint density at radius 3 is 2.48 bits per heavy atom. The van der Waals surface area contributed by atoms with Crippen LogP contribution in [-0.2, 0) is 0 Å². The van der Waals surface area contributed by atoms with Gasteiger partial charge in [-0.05, 0) is 50.2 Å². The predicted octanol–water partition coefficient (Wildman–Crippen LogP) is 3.33. The highest BCUT2D eigenvalue weighted by atomic mass is 15.2. The van der Waals surface area contributed by atoms with Crippen LogP contribution < -0.4 is 16.8 Å². The molecule has 0 bridgehead atoms. The van der Waals surface area contributed by atoms with E-state index in [9.17, 15) is 0 Å². The molecule has 0 aromatic heterocycles. The molecule has 1 atom stereocenters. The van der Waals surface area contributed by atoms with E-state index in [-0.39, 0.29) is 5.66 Å². The maximum atomic E-state index is 6.21. The Morgan fingerprint density at radius 2 is 1.81 bits per heavy atom. The third-order valence-corrected chi connectivity index (χ3v) is 5.24. The molecule has 1 heterocycles. The van der Waals surface area contributed by atoms with Gasteiger partial charge in [0.2, 0.25) is 0 Å². The smallest absolute Gasteiger partial charge is 0.131 e. The van der Waals surface area contributed by atoms with Gasteiger partial charge in [0.25, 0.3) is 0 Å². The van der Waals surface area contributed by atoms with Gasteiger partial charge in [-0.1, -0.05) is 19.9 Å². The monoisotopic (exact) mass is 286 g/mol. The Hall–Kier alpha value is -1.71. The van der Waals surface area contributed by atoms with E-state index in [0.717, 1.165) is 16.9 Å². The van der Waals surface area contributed by atoms with Crippen LogP contribution in [0, 0.1) is 11.3 Å². The molecule has 1 fully saturated rings. The number of benzene rings is 1. The second-order valence-corrected chi connectivity index (χ2v) is 7.48. The van der Waals surface area contributed by atoms with Gasteiger partial charge in [-0.2, -0.15) is 0 Å². The van der Waals surface area contributed by atoms with Crippen molar-refractivity contribution in [3.8, 4) is 0 Å². The van der Waals surface area contributed by atoms with Gasteiger partial charge in [-0.3, -0.25) is 0 Å². The summed E-state index contributed by atoms with van der Waals surface area (Å²) < 4.78 is 0. The van der Waals surface area contributed by atoms with Crippen molar-refractivity contribution in [1.82, 2.24) is 0 Å². The summed E-state index contributed by atoms with van der Waals surface area (Å²) in [6.45, 7) is 6.85. The van der Waals surface area contributed by atoms with Crippen LogP contribution in [0.3, 0.4) is 0 Å². The maximum absolute atomic E-state index is 6.21. The summed E-state index contributed by atoms with van der Waals surface area (Å²) in [5.74, 6) is 1.10. The molecular weight excluding hydrogens is 260 g/mol. The third kappa shape index (κ3) is 2.47. The Kier molecular flexibility index (Phi) is 3.15. The zero-order chi connectivity index (χ0) is 15.3. The highest BCUT2D eigenvalue weighted by Crippen LogP contribution is 2.45. The fourth-order valence-corrected chi connectivity index (χ4v) is 3.67. The Balaban J connectivity index is 1.91. The van der Waals surface area contributed by atoms with Crippen molar-refractivity contribution in [2.24, 2.45) is 22.1 Å². The highest BCUT2D eigenvalue weighted by molar-refractivity contribution is 6.06. The lowest BCUT2D eigenvalue weighted by Gasteiger charge is -2.44. The molecule has 21 heavy (non-hydrogen) atoms. The predicted molar refractivity (Wildman–Crippen MR) is 89.3 cm³/mol. The van der Waals surface area contributed by atoms with Crippen LogP contribution in [0.15, 0.2) is 23.2 Å². The molecule has 5 N–H and O–H groups in total. The standard InChI is InChI=1S/C17H26N4/c1-16(2)9-7-11(8-10-16)17(3)20-14-12(15(19)21-17)5-4-6-13(14)18/h4-6,11,20H,7-10,18H2,1-3H3,(H2,19,21). The summed E-state index contributed by atoms with van der Waals surface area (Å²) in [4.78, 5) is 4.80. The summed E-state index contributed by atoms with van der Waals surface area (Å²) in [6, 6.07) is 5.81. The number of hydrogen-bond acceptors (Lipinski definition) is 4. The first-order valence-electron chi connectivity index (χ1n) is 7.83. The molecule has 0 amide bonds. The first-order valence-corrected chi connectivity index (χ1v) is 7.83. The second kappa shape index (κ2) is 4.65. The van der Waals surface area contributed by atoms with Crippen molar-refractivity contribution < 1.29 is 0 Å². The number of aliphatic imine (C=N–C) groups is 1. The van der Waals surface area contributed by atoms with Crippen LogP contribution in [0.25, 0.3) is 0 Å². The Morgan fingerprint density at radius 1 is 1.14 bits per heavy atom. The molecule has 1 aliphatic heterocycles. The molecule has 1 aliphatic carbocycles. The normalized spacial score (nSPS) is 28.4. The van der Waals surface area contributed by atoms with Crippen molar-refractivity contribution in [2.75, 3.05) is 11.1 Å². The summed E-state index contributed by atoms with van der Waals surface area (Å²) in [5.41, 5.74) is 15.0. The molecule has 1 aromatic carbocycles. The molecule has 2 aliphatic rings. The fraction of sp³-hybridized carbons (Fsp3) is 0.588. The van der Waals surface area contributed by atoms with Gasteiger partial charge >= 0.3 is 0 Å². The van der Waals surface area contributed by atoms with E-state index in [1.165, 1.54) is 25.7 Å². The van der Waals surface area contributed by atoms with Gasteiger partial charge in [0.15, 0.2) is 0 Å². The quantitative estimate of drug-likeness (QED) is 0.693. The zero-order valence-electron chi connectivity index (χ0n) is 13.2. The number of rotatable bonds is 1. The van der Waals surface area contributed by atoms with E-state index in [1.54, 1.807) is 0 Å². The minimum Gasteiger partial charge on any atom is -0.397 e. The average Bonchev–Trinajstić information content (AvgIpc) is 2.40. The second-order valence-electron chi connectivity index (χ2n) is 7.48. The first-order chi connectivity index (χ1) is 9.81. The molecular formula is C17H26N4. The van der Waals surface area contributed by atoms with E-state index in [1.807, 2.05) is 18.2 Å². The lowest BCUT2D eigenvalue weighted by Crippen LogP contribution is -2.47. The van der Waals surface area contributed by atoms with Gasteiger partial charge in [0, 0.05) is 11.5 Å². The number of nitrogens with two attached hydrogens (primary N) is 2. The molecule has 114 valence electrons. The van der Waals surface area contributed by atoms with Crippen LogP contribution in [0.1, 0.15) is 52.0 Å². The highest BCUT2D eigenvalue weighted by Gasteiger charge is 2.41. The molecule has 0 spiro atoms. The summed E-state index contributed by atoms with van der Waals surface area (Å²) >= 11 is 0. The Labute approximate surface area is 127 Å². The van der Waals surface area contributed by atoms with Crippen LogP contribution in [0.4, 0.5) is 11.4 Å². The number of amidine groups is 1. The topological polar surface area (TPSA) is 76.4 Å². The van der Waals surface area contributed by atoms with Gasteiger partial charge in [0.1, 0.15) is 11.5 Å². The number of nitrogens with zero attached hydrogens (tertiary/aromatic N) is 1. The van der Waals surface area contributed by atoms with Gasteiger partial charge in [-0.25, -0.2) is 4.99 Å². The number of nitrogens with one attached hydrogen (secondary N) is 1. The number of nitrogen functional groups attached to an aromatic ring is 1. The summed E-state index contributed by atoms with van der Waals surface area (Å²) in [6.07, 6.45) is 4.83. The average molecular weight is 286 g/mol. The van der Waals surface area contributed by atoms with Crippen molar-refractivity contribution in [2.45, 2.75) is 52.1 Å². The van der Waals surface area contributed by atoms with Gasteiger partial charge in [-0.15, -0.1) is 0 Å². The van der Waals surface area contributed by atoms with Gasteiger partial charge in [0.05, 0.1) is 11.4 Å². The van der Waals surface area contributed by atoms with Crippen molar-refractivity contribution in [3.05, 3.63) is 23.8 Å². The minimum atomic E-state index is -0.344. The maximum Gasteiger partial charge on any atom is 0.131 e. The van der Waals surface area contributed by atoms with Crippen LogP contribution >= 0.6 is 0 Å². The lowest BCUT2D eigenvalue weighted by atomic mass is 9.69. The van der Waals surface area contributed by atoms with E-state index in [4.69, 9.17) is 16.5 Å². The number of hydrogen-bond donors (Lipinski definition) is 3. The molecule has 1 saturated carbocycles. The van der Waals surface area contributed by atoms with Crippen LogP contribution in [0.2, 0.25) is 0 Å². The largest absolute Gasteiger partial charge is 0.397 e. The molecule has 4 nitrogen and oxygen atoms in total. The molecule has 0 saturated heterocycles. The molecule has 4 heteroatoms. The number of anilines is 2. The van der Waals surface area contributed by atoms with Crippen molar-refractivity contribution >= 4 is 17.2 Å². The molecule has 0 radical (unpaired) electrons. The van der Waals surface area contributed by atoms with Crippen molar-refractivity contribution in [1.29, 1.82) is 0 Å². The lowest BCUT2D eigenvalue weighted by molar-refractivity contribution is 0.149. The summed E-state index contributed by atoms with van der Waals surface area (Å²) in [5, 5.41) is 3.58. The van der Waals surface area contributed by atoms with Crippen molar-refractivity contribution in [3.63, 3.8) is 0 Å². The van der Waals surface area contributed by atoms with Crippen LogP contribution in [-0.4, -0.2) is 11.5 Å². The van der Waals surface area contributed by atoms with Crippen LogP contribution in [0.5, 0.6) is 0 Å². The SMILES string of the molecule is CC1(C)CCC(C2(C)N=C(N)c3cccc(N)c3N2)CC1. The van der Waals surface area contributed by atoms with E-state index < -0.39 is 0 Å². The zero-order valence-corrected chi connectivity index (χ0v) is 13.2. The Bertz CT molecular complexity index is 580. The van der Waals surface area contributed by atoms with E-state index in [2.05, 4.69) is 26.1 Å². The van der Waals surface area contributed by atoms with E-state index in [0.29, 0.717) is 17.2 Å². The fourth-order valence-electron chi connectivity index (χ4n) is 3.67. The third-order valence-electron chi connectivity index (χ3n) is 5.24. The number of para-hydroxylation sites is 1. The van der Waals surface area contributed by atoms with E-state index >= 15 is 0 Å². The van der Waals surface area contributed by atoms with Gasteiger partial charge < -0.3 is 16.8 Å².